The van der Waals surface area contributed by atoms with Gasteiger partial charge in [-0.05, 0) is 38.4 Å². The van der Waals surface area contributed by atoms with Gasteiger partial charge in [0.1, 0.15) is 0 Å². The molecule has 1 heterocycles. The Kier molecular flexibility index (Phi) is 11.2. The minimum absolute atomic E-state index is 0. The van der Waals surface area contributed by atoms with Crippen LogP contribution in [0.5, 0.6) is 0 Å². The first-order valence-electron chi connectivity index (χ1n) is 9.68. The standard InChI is InChI=1S/C20H35N5.HI/c1-5-21-20(23-17(3)4)22-15-18-7-9-19(10-8-18)16-25-13-11-24(6-2)12-14-25;/h7-10,17H,5-6,11-16H2,1-4H3,(H2,21,22,23);1H. The third-order valence-corrected chi connectivity index (χ3v) is 4.53. The normalized spacial score (nSPS) is 16.4. The number of rotatable bonds is 7. The molecule has 0 radical (unpaired) electrons. The maximum atomic E-state index is 4.67. The second kappa shape index (κ2) is 12.5. The zero-order valence-corrected chi connectivity index (χ0v) is 19.1. The van der Waals surface area contributed by atoms with E-state index in [0.717, 1.165) is 19.0 Å². The Labute approximate surface area is 176 Å². The van der Waals surface area contributed by atoms with E-state index in [4.69, 9.17) is 0 Å². The zero-order chi connectivity index (χ0) is 18.1. The molecule has 0 amide bonds. The first-order valence-corrected chi connectivity index (χ1v) is 9.68. The van der Waals surface area contributed by atoms with E-state index in [1.54, 1.807) is 0 Å². The predicted molar refractivity (Wildman–Crippen MR) is 122 cm³/mol. The summed E-state index contributed by atoms with van der Waals surface area (Å²) in [5.41, 5.74) is 2.64. The fraction of sp³-hybridized carbons (Fsp3) is 0.650. The SMILES string of the molecule is CCNC(=NCc1ccc(CN2CCN(CC)CC2)cc1)NC(C)C.I. The van der Waals surface area contributed by atoms with Crippen molar-refractivity contribution in [2.75, 3.05) is 39.3 Å². The average molecular weight is 473 g/mol. The quantitative estimate of drug-likeness (QED) is 0.363. The molecule has 1 aromatic rings. The Morgan fingerprint density at radius 3 is 2.12 bits per heavy atom. The number of benzene rings is 1. The van der Waals surface area contributed by atoms with Crippen LogP contribution in [-0.2, 0) is 13.1 Å². The monoisotopic (exact) mass is 473 g/mol. The van der Waals surface area contributed by atoms with Crippen molar-refractivity contribution in [1.82, 2.24) is 20.4 Å². The Balaban J connectivity index is 0.00000338. The molecule has 6 heteroatoms. The van der Waals surface area contributed by atoms with Gasteiger partial charge in [-0.3, -0.25) is 4.90 Å². The van der Waals surface area contributed by atoms with E-state index in [1.807, 2.05) is 0 Å². The first-order chi connectivity index (χ1) is 12.1. The summed E-state index contributed by atoms with van der Waals surface area (Å²) < 4.78 is 0. The van der Waals surface area contributed by atoms with Crippen molar-refractivity contribution in [3.63, 3.8) is 0 Å². The van der Waals surface area contributed by atoms with Gasteiger partial charge in [-0.25, -0.2) is 4.99 Å². The second-order valence-corrected chi connectivity index (χ2v) is 7.02. The van der Waals surface area contributed by atoms with Crippen molar-refractivity contribution in [1.29, 1.82) is 0 Å². The summed E-state index contributed by atoms with van der Waals surface area (Å²) in [4.78, 5) is 9.73. The Morgan fingerprint density at radius 2 is 1.58 bits per heavy atom. The van der Waals surface area contributed by atoms with Gasteiger partial charge in [0.15, 0.2) is 5.96 Å². The fourth-order valence-corrected chi connectivity index (χ4v) is 3.04. The molecule has 1 aromatic carbocycles. The number of hydrogen-bond donors (Lipinski definition) is 2. The van der Waals surface area contributed by atoms with Crippen molar-refractivity contribution in [3.05, 3.63) is 35.4 Å². The molecule has 1 aliphatic rings. The van der Waals surface area contributed by atoms with E-state index in [-0.39, 0.29) is 24.0 Å². The lowest BCUT2D eigenvalue weighted by atomic mass is 10.1. The molecule has 148 valence electrons. The van der Waals surface area contributed by atoms with Crippen LogP contribution in [0.25, 0.3) is 0 Å². The molecule has 1 fully saturated rings. The van der Waals surface area contributed by atoms with E-state index in [1.165, 1.54) is 43.9 Å². The summed E-state index contributed by atoms with van der Waals surface area (Å²) in [6, 6.07) is 9.30. The number of hydrogen-bond acceptors (Lipinski definition) is 3. The van der Waals surface area contributed by atoms with E-state index in [0.29, 0.717) is 12.6 Å². The molecule has 26 heavy (non-hydrogen) atoms. The minimum atomic E-state index is 0. The summed E-state index contributed by atoms with van der Waals surface area (Å²) in [6.45, 7) is 17.1. The number of halogens is 1. The largest absolute Gasteiger partial charge is 0.357 e. The van der Waals surface area contributed by atoms with Gasteiger partial charge < -0.3 is 15.5 Å². The first kappa shape index (κ1) is 23.2. The van der Waals surface area contributed by atoms with Crippen molar-refractivity contribution in [2.45, 2.75) is 46.8 Å². The molecule has 1 saturated heterocycles. The number of aliphatic imine (C=N–C) groups is 1. The molecule has 0 aliphatic carbocycles. The number of guanidine groups is 1. The van der Waals surface area contributed by atoms with E-state index >= 15 is 0 Å². The molecule has 0 saturated carbocycles. The van der Waals surface area contributed by atoms with Crippen LogP contribution in [0.4, 0.5) is 0 Å². The minimum Gasteiger partial charge on any atom is -0.357 e. The molecule has 0 atom stereocenters. The molecule has 0 unspecified atom stereocenters. The highest BCUT2D eigenvalue weighted by Crippen LogP contribution is 2.11. The van der Waals surface area contributed by atoms with Crippen molar-refractivity contribution in [3.8, 4) is 0 Å². The lowest BCUT2D eigenvalue weighted by molar-refractivity contribution is 0.132. The summed E-state index contributed by atoms with van der Waals surface area (Å²) in [7, 11) is 0. The van der Waals surface area contributed by atoms with Gasteiger partial charge in [0.05, 0.1) is 6.54 Å². The topological polar surface area (TPSA) is 42.9 Å². The summed E-state index contributed by atoms with van der Waals surface area (Å²) in [6.07, 6.45) is 0. The van der Waals surface area contributed by atoms with Gasteiger partial charge in [-0.15, -0.1) is 24.0 Å². The van der Waals surface area contributed by atoms with Crippen LogP contribution < -0.4 is 10.6 Å². The van der Waals surface area contributed by atoms with Gasteiger partial charge >= 0.3 is 0 Å². The summed E-state index contributed by atoms with van der Waals surface area (Å²) in [5.74, 6) is 0.885. The number of piperazine rings is 1. The molecule has 2 N–H and O–H groups in total. The third kappa shape index (κ3) is 8.22. The highest BCUT2D eigenvalue weighted by Gasteiger charge is 2.15. The molecule has 2 rings (SSSR count). The van der Waals surface area contributed by atoms with Gasteiger partial charge in [0.25, 0.3) is 0 Å². The molecular formula is C20H36IN5. The van der Waals surface area contributed by atoms with E-state index in [9.17, 15) is 0 Å². The summed E-state index contributed by atoms with van der Waals surface area (Å²) in [5, 5.41) is 6.64. The van der Waals surface area contributed by atoms with Gasteiger partial charge in [0.2, 0.25) is 0 Å². The molecule has 0 spiro atoms. The van der Waals surface area contributed by atoms with Crippen molar-refractivity contribution < 1.29 is 0 Å². The molecular weight excluding hydrogens is 437 g/mol. The van der Waals surface area contributed by atoms with Gasteiger partial charge in [-0.2, -0.15) is 0 Å². The smallest absolute Gasteiger partial charge is 0.191 e. The maximum absolute atomic E-state index is 4.67. The van der Waals surface area contributed by atoms with Crippen LogP contribution in [0.15, 0.2) is 29.3 Å². The summed E-state index contributed by atoms with van der Waals surface area (Å²) >= 11 is 0. The van der Waals surface area contributed by atoms with Crippen LogP contribution in [0.3, 0.4) is 0 Å². The Hall–Kier alpha value is -0.860. The lowest BCUT2D eigenvalue weighted by Gasteiger charge is -2.34. The average Bonchev–Trinajstić information content (AvgIpc) is 2.61. The molecule has 5 nitrogen and oxygen atoms in total. The fourth-order valence-electron chi connectivity index (χ4n) is 3.04. The highest BCUT2D eigenvalue weighted by atomic mass is 127. The maximum Gasteiger partial charge on any atom is 0.191 e. The van der Waals surface area contributed by atoms with E-state index < -0.39 is 0 Å². The molecule has 0 aromatic heterocycles. The van der Waals surface area contributed by atoms with Crippen LogP contribution in [-0.4, -0.2) is 61.1 Å². The Bertz CT molecular complexity index is 522. The van der Waals surface area contributed by atoms with Gasteiger partial charge in [-0.1, -0.05) is 31.2 Å². The predicted octanol–water partition coefficient (Wildman–Crippen LogP) is 2.91. The van der Waals surface area contributed by atoms with E-state index in [2.05, 4.69) is 77.4 Å². The molecule has 0 bridgehead atoms. The number of nitrogens with one attached hydrogen (secondary N) is 2. The Morgan fingerprint density at radius 1 is 1.00 bits per heavy atom. The zero-order valence-electron chi connectivity index (χ0n) is 16.8. The van der Waals surface area contributed by atoms with Crippen LogP contribution in [0.1, 0.15) is 38.8 Å². The third-order valence-electron chi connectivity index (χ3n) is 4.53. The van der Waals surface area contributed by atoms with Crippen LogP contribution in [0.2, 0.25) is 0 Å². The second-order valence-electron chi connectivity index (χ2n) is 7.02. The van der Waals surface area contributed by atoms with Crippen LogP contribution >= 0.6 is 24.0 Å². The lowest BCUT2D eigenvalue weighted by Crippen LogP contribution is -2.45. The van der Waals surface area contributed by atoms with Crippen LogP contribution in [0, 0.1) is 0 Å². The highest BCUT2D eigenvalue weighted by molar-refractivity contribution is 14.0. The van der Waals surface area contributed by atoms with Gasteiger partial charge in [0, 0.05) is 45.3 Å². The van der Waals surface area contributed by atoms with Crippen molar-refractivity contribution >= 4 is 29.9 Å². The molecule has 1 aliphatic heterocycles. The number of likely N-dealkylation sites (N-methyl/N-ethyl adjacent to an activating group) is 1. The van der Waals surface area contributed by atoms with Crippen molar-refractivity contribution in [2.24, 2.45) is 4.99 Å². The number of nitrogens with zero attached hydrogens (tertiary/aromatic N) is 3.